The maximum Gasteiger partial charge on any atom is 0.0731 e. The van der Waals surface area contributed by atoms with Gasteiger partial charge in [-0.3, -0.25) is 4.68 Å². The molecule has 1 fully saturated rings. The summed E-state index contributed by atoms with van der Waals surface area (Å²) in [6, 6.07) is 11.2. The van der Waals surface area contributed by atoms with Gasteiger partial charge in [0.15, 0.2) is 0 Å². The highest BCUT2D eigenvalue weighted by atomic mass is 15.3. The normalized spacial score (nSPS) is 17.9. The Balaban J connectivity index is 1.82. The summed E-state index contributed by atoms with van der Waals surface area (Å²) in [4.78, 5) is 0. The van der Waals surface area contributed by atoms with Crippen LogP contribution in [0.2, 0.25) is 0 Å². The van der Waals surface area contributed by atoms with Crippen LogP contribution in [0, 0.1) is 5.92 Å². The fraction of sp³-hybridized carbons (Fsp3) is 0.471. The molecule has 1 heterocycles. The van der Waals surface area contributed by atoms with Crippen LogP contribution in [0.5, 0.6) is 0 Å². The first-order valence-electron chi connectivity index (χ1n) is 7.63. The minimum atomic E-state index is 0.403. The number of hydrogen-bond donors (Lipinski definition) is 1. The maximum absolute atomic E-state index is 4.26. The van der Waals surface area contributed by atoms with Crippen molar-refractivity contribution in [3.63, 3.8) is 0 Å². The van der Waals surface area contributed by atoms with Crippen LogP contribution in [0.3, 0.4) is 0 Å². The number of rotatable bonds is 4. The predicted octanol–water partition coefficient (Wildman–Crippen LogP) is 4.15. The summed E-state index contributed by atoms with van der Waals surface area (Å²) >= 11 is 0. The molecule has 0 bridgehead atoms. The van der Waals surface area contributed by atoms with Crippen LogP contribution in [0.4, 0.5) is 5.69 Å². The third kappa shape index (κ3) is 3.03. The molecule has 0 amide bonds. The molecule has 0 aliphatic heterocycles. The lowest BCUT2D eigenvalue weighted by molar-refractivity contribution is 0.321. The summed E-state index contributed by atoms with van der Waals surface area (Å²) in [5.41, 5.74) is 2.51. The standard InChI is InChI=1S/C17H23N3/c1-20-13-16(12-18-20)19-17(14-8-4-2-5-9-14)15-10-6-3-7-11-15/h2,4-5,8-9,12-13,15,17,19H,3,6-7,10-11H2,1H3. The van der Waals surface area contributed by atoms with Crippen LogP contribution in [-0.2, 0) is 7.05 Å². The van der Waals surface area contributed by atoms with E-state index in [0.29, 0.717) is 6.04 Å². The van der Waals surface area contributed by atoms with Crippen LogP contribution in [-0.4, -0.2) is 9.78 Å². The summed E-state index contributed by atoms with van der Waals surface area (Å²) < 4.78 is 1.85. The molecule has 0 radical (unpaired) electrons. The lowest BCUT2D eigenvalue weighted by Gasteiger charge is -2.31. The van der Waals surface area contributed by atoms with Crippen LogP contribution >= 0.6 is 0 Å². The smallest absolute Gasteiger partial charge is 0.0731 e. The van der Waals surface area contributed by atoms with Crippen molar-refractivity contribution in [2.45, 2.75) is 38.1 Å². The van der Waals surface area contributed by atoms with E-state index in [1.165, 1.54) is 37.7 Å². The lowest BCUT2D eigenvalue weighted by Crippen LogP contribution is -2.23. The molecule has 106 valence electrons. The van der Waals surface area contributed by atoms with Gasteiger partial charge in [-0.1, -0.05) is 49.6 Å². The Kier molecular flexibility index (Phi) is 4.05. The van der Waals surface area contributed by atoms with Crippen molar-refractivity contribution in [1.29, 1.82) is 0 Å². The van der Waals surface area contributed by atoms with Gasteiger partial charge in [0, 0.05) is 13.2 Å². The van der Waals surface area contributed by atoms with Crippen molar-refractivity contribution < 1.29 is 0 Å². The van der Waals surface area contributed by atoms with E-state index in [0.717, 1.165) is 11.6 Å². The second-order valence-corrected chi connectivity index (χ2v) is 5.83. The molecule has 1 unspecified atom stereocenters. The number of benzene rings is 1. The van der Waals surface area contributed by atoms with Gasteiger partial charge in [0.2, 0.25) is 0 Å². The number of aromatic nitrogens is 2. The molecule has 0 spiro atoms. The Morgan fingerprint density at radius 2 is 1.90 bits per heavy atom. The molecule has 2 aromatic rings. The number of hydrogen-bond acceptors (Lipinski definition) is 2. The van der Waals surface area contributed by atoms with Gasteiger partial charge >= 0.3 is 0 Å². The van der Waals surface area contributed by atoms with E-state index in [1.54, 1.807) is 0 Å². The van der Waals surface area contributed by atoms with E-state index >= 15 is 0 Å². The summed E-state index contributed by atoms with van der Waals surface area (Å²) in [6.45, 7) is 0. The second kappa shape index (κ2) is 6.12. The number of nitrogens with one attached hydrogen (secondary N) is 1. The van der Waals surface area contributed by atoms with E-state index in [9.17, 15) is 0 Å². The van der Waals surface area contributed by atoms with E-state index in [2.05, 4.69) is 46.9 Å². The van der Waals surface area contributed by atoms with Gasteiger partial charge in [0.05, 0.1) is 17.9 Å². The van der Waals surface area contributed by atoms with Crippen molar-refractivity contribution in [3.8, 4) is 0 Å². The van der Waals surface area contributed by atoms with Gasteiger partial charge < -0.3 is 5.32 Å². The van der Waals surface area contributed by atoms with E-state index < -0.39 is 0 Å². The van der Waals surface area contributed by atoms with Gasteiger partial charge in [0.1, 0.15) is 0 Å². The lowest BCUT2D eigenvalue weighted by atomic mass is 9.81. The molecular weight excluding hydrogens is 246 g/mol. The zero-order valence-electron chi connectivity index (χ0n) is 12.1. The fourth-order valence-electron chi connectivity index (χ4n) is 3.28. The van der Waals surface area contributed by atoms with Crippen LogP contribution in [0.15, 0.2) is 42.7 Å². The second-order valence-electron chi connectivity index (χ2n) is 5.83. The Bertz CT molecular complexity index is 526. The molecule has 3 rings (SSSR count). The first kappa shape index (κ1) is 13.2. The molecule has 1 aliphatic carbocycles. The third-order valence-corrected chi connectivity index (χ3v) is 4.31. The minimum absolute atomic E-state index is 0.403. The van der Waals surface area contributed by atoms with E-state index in [-0.39, 0.29) is 0 Å². The Morgan fingerprint density at radius 1 is 1.15 bits per heavy atom. The first-order valence-corrected chi connectivity index (χ1v) is 7.63. The van der Waals surface area contributed by atoms with E-state index in [1.807, 2.05) is 17.9 Å². The Hall–Kier alpha value is -1.77. The average molecular weight is 269 g/mol. The molecule has 3 nitrogen and oxygen atoms in total. The molecule has 1 aliphatic rings. The van der Waals surface area contributed by atoms with Crippen LogP contribution in [0.1, 0.15) is 43.7 Å². The summed E-state index contributed by atoms with van der Waals surface area (Å²) in [5.74, 6) is 0.728. The summed E-state index contributed by atoms with van der Waals surface area (Å²) in [6.07, 6.45) is 10.7. The summed E-state index contributed by atoms with van der Waals surface area (Å²) in [7, 11) is 1.96. The molecule has 3 heteroatoms. The van der Waals surface area contributed by atoms with Gasteiger partial charge in [0.25, 0.3) is 0 Å². The molecule has 1 aromatic carbocycles. The highest BCUT2D eigenvalue weighted by molar-refractivity contribution is 5.42. The topological polar surface area (TPSA) is 29.9 Å². The van der Waals surface area contributed by atoms with Crippen molar-refractivity contribution >= 4 is 5.69 Å². The molecular formula is C17H23N3. The number of nitrogens with zero attached hydrogens (tertiary/aromatic N) is 2. The molecule has 20 heavy (non-hydrogen) atoms. The zero-order chi connectivity index (χ0) is 13.8. The van der Waals surface area contributed by atoms with E-state index in [4.69, 9.17) is 0 Å². The third-order valence-electron chi connectivity index (χ3n) is 4.31. The monoisotopic (exact) mass is 269 g/mol. The van der Waals surface area contributed by atoms with Crippen LogP contribution < -0.4 is 5.32 Å². The van der Waals surface area contributed by atoms with Gasteiger partial charge in [-0.05, 0) is 24.3 Å². The molecule has 1 N–H and O–H groups in total. The molecule has 0 saturated heterocycles. The Labute approximate surface area is 121 Å². The van der Waals surface area contributed by atoms with Gasteiger partial charge in [-0.2, -0.15) is 5.10 Å². The first-order chi connectivity index (χ1) is 9.83. The molecule has 1 aromatic heterocycles. The van der Waals surface area contributed by atoms with Crippen molar-refractivity contribution in [2.75, 3.05) is 5.32 Å². The van der Waals surface area contributed by atoms with Gasteiger partial charge in [-0.15, -0.1) is 0 Å². The quantitative estimate of drug-likeness (QED) is 0.903. The predicted molar refractivity (Wildman–Crippen MR) is 82.6 cm³/mol. The Morgan fingerprint density at radius 3 is 2.55 bits per heavy atom. The number of aryl methyl sites for hydroxylation is 1. The zero-order valence-corrected chi connectivity index (χ0v) is 12.1. The minimum Gasteiger partial charge on any atom is -0.375 e. The fourth-order valence-corrected chi connectivity index (χ4v) is 3.28. The molecule has 1 saturated carbocycles. The van der Waals surface area contributed by atoms with Crippen molar-refractivity contribution in [2.24, 2.45) is 13.0 Å². The summed E-state index contributed by atoms with van der Waals surface area (Å²) in [5, 5.41) is 7.97. The van der Waals surface area contributed by atoms with Crippen LogP contribution in [0.25, 0.3) is 0 Å². The highest BCUT2D eigenvalue weighted by Gasteiger charge is 2.25. The maximum atomic E-state index is 4.26. The number of anilines is 1. The van der Waals surface area contributed by atoms with Crippen molar-refractivity contribution in [1.82, 2.24) is 9.78 Å². The average Bonchev–Trinajstić information content (AvgIpc) is 2.92. The highest BCUT2D eigenvalue weighted by Crippen LogP contribution is 2.36. The SMILES string of the molecule is Cn1cc(NC(c2ccccc2)C2CCCCC2)cn1. The van der Waals surface area contributed by atoms with Gasteiger partial charge in [-0.25, -0.2) is 0 Å². The van der Waals surface area contributed by atoms with Crippen molar-refractivity contribution in [3.05, 3.63) is 48.3 Å². The molecule has 1 atom stereocenters. The largest absolute Gasteiger partial charge is 0.375 e.